The molecule has 1 aromatic carbocycles. The summed E-state index contributed by atoms with van der Waals surface area (Å²) >= 11 is 0. The minimum atomic E-state index is -1.08. The van der Waals surface area contributed by atoms with Gasteiger partial charge in [0.2, 0.25) is 17.7 Å². The van der Waals surface area contributed by atoms with Gasteiger partial charge in [-0.3, -0.25) is 14.4 Å². The first-order valence-electron chi connectivity index (χ1n) is 14.3. The Morgan fingerprint density at radius 2 is 1.57 bits per heavy atom. The minimum absolute atomic E-state index is 0.0162. The molecule has 1 aromatic rings. The van der Waals surface area contributed by atoms with Crippen LogP contribution in [0.1, 0.15) is 75.3 Å². The number of likely N-dealkylation sites (tertiary alicyclic amines) is 1. The third kappa shape index (κ3) is 4.19. The fourth-order valence-electron chi connectivity index (χ4n) is 7.76. The van der Waals surface area contributed by atoms with Gasteiger partial charge in [-0.1, -0.05) is 56.7 Å². The molecular weight excluding hydrogens is 466 g/mol. The van der Waals surface area contributed by atoms with Gasteiger partial charge in [0.25, 0.3) is 0 Å². The molecule has 0 aromatic heterocycles. The lowest BCUT2D eigenvalue weighted by atomic mass is 9.74. The molecule has 198 valence electrons. The number of aryl methyl sites for hydroxylation is 2. The van der Waals surface area contributed by atoms with Crippen LogP contribution in [0.4, 0.5) is 5.69 Å². The molecule has 1 spiro atoms. The van der Waals surface area contributed by atoms with Crippen LogP contribution in [0.15, 0.2) is 30.4 Å². The van der Waals surface area contributed by atoms with Crippen molar-refractivity contribution in [2.45, 2.75) is 108 Å². The average molecular weight is 506 g/mol. The highest BCUT2D eigenvalue weighted by Gasteiger charge is 2.73. The summed E-state index contributed by atoms with van der Waals surface area (Å²) in [6, 6.07) is 5.38. The van der Waals surface area contributed by atoms with Crippen LogP contribution < -0.4 is 10.6 Å². The molecule has 2 aliphatic carbocycles. The lowest BCUT2D eigenvalue weighted by molar-refractivity contribution is -0.144. The first-order chi connectivity index (χ1) is 17.9. The zero-order chi connectivity index (χ0) is 25.7. The SMILES string of the molecule is Cc1cc(C)cc(NC(=O)C2[C@@H]3C=CC4(O3)C(C(=O)NC3CCCCC3)N(C3CCCCC3)C(=O)[C@H]24)c1. The van der Waals surface area contributed by atoms with E-state index in [0.29, 0.717) is 0 Å². The van der Waals surface area contributed by atoms with Gasteiger partial charge in [0.15, 0.2) is 0 Å². The number of amides is 3. The predicted octanol–water partition coefficient (Wildman–Crippen LogP) is 4.17. The Morgan fingerprint density at radius 1 is 0.919 bits per heavy atom. The first-order valence-corrected chi connectivity index (χ1v) is 14.3. The molecule has 3 heterocycles. The zero-order valence-electron chi connectivity index (χ0n) is 22.0. The summed E-state index contributed by atoms with van der Waals surface area (Å²) in [6.45, 7) is 4.00. The summed E-state index contributed by atoms with van der Waals surface area (Å²) in [5, 5.41) is 6.35. The number of rotatable bonds is 5. The maximum atomic E-state index is 14.2. The molecule has 5 aliphatic rings. The van der Waals surface area contributed by atoms with E-state index in [-0.39, 0.29) is 29.8 Å². The molecule has 2 saturated carbocycles. The maximum absolute atomic E-state index is 14.2. The molecular formula is C30H39N3O4. The molecule has 6 rings (SSSR count). The van der Waals surface area contributed by atoms with Gasteiger partial charge in [0.1, 0.15) is 11.6 Å². The Hall–Kier alpha value is -2.67. The lowest BCUT2D eigenvalue weighted by Crippen LogP contribution is -2.58. The third-order valence-corrected chi connectivity index (χ3v) is 9.27. The van der Waals surface area contributed by atoms with Crippen LogP contribution in [0.5, 0.6) is 0 Å². The molecule has 3 unspecified atom stereocenters. The molecule has 7 nitrogen and oxygen atoms in total. The Labute approximate surface area is 219 Å². The van der Waals surface area contributed by atoms with E-state index in [1.807, 2.05) is 43.0 Å². The van der Waals surface area contributed by atoms with Gasteiger partial charge >= 0.3 is 0 Å². The van der Waals surface area contributed by atoms with E-state index in [0.717, 1.165) is 74.6 Å². The van der Waals surface area contributed by atoms with Gasteiger partial charge in [0.05, 0.1) is 17.9 Å². The smallest absolute Gasteiger partial charge is 0.246 e. The fourth-order valence-corrected chi connectivity index (χ4v) is 7.76. The topological polar surface area (TPSA) is 87.7 Å². The zero-order valence-corrected chi connectivity index (χ0v) is 22.0. The Kier molecular flexibility index (Phi) is 6.38. The first kappa shape index (κ1) is 24.7. The minimum Gasteiger partial charge on any atom is -0.359 e. The summed E-state index contributed by atoms with van der Waals surface area (Å²) in [7, 11) is 0. The van der Waals surface area contributed by atoms with Crippen molar-refractivity contribution in [3.8, 4) is 0 Å². The van der Waals surface area contributed by atoms with Crippen LogP contribution in [0.25, 0.3) is 0 Å². The Balaban J connectivity index is 1.32. The van der Waals surface area contributed by atoms with Crippen molar-refractivity contribution in [3.05, 3.63) is 41.5 Å². The van der Waals surface area contributed by atoms with Crippen molar-refractivity contribution in [1.29, 1.82) is 0 Å². The van der Waals surface area contributed by atoms with Gasteiger partial charge in [-0.2, -0.15) is 0 Å². The van der Waals surface area contributed by atoms with Gasteiger partial charge < -0.3 is 20.3 Å². The standard InChI is InChI=1S/C30H39N3O4/c1-18-15-19(2)17-21(16-18)32-27(34)24-23-13-14-30(37-23)25(24)29(36)33(22-11-7-4-8-12-22)26(30)28(35)31-20-9-5-3-6-10-20/h13-17,20,22-26H,3-12H2,1-2H3,(H,31,35)(H,32,34)/t23-,24?,25-,26?,30?/m0/s1. The Bertz CT molecular complexity index is 1100. The number of nitrogens with zero attached hydrogens (tertiary/aromatic N) is 1. The molecule has 2 bridgehead atoms. The third-order valence-electron chi connectivity index (χ3n) is 9.27. The lowest BCUT2D eigenvalue weighted by Gasteiger charge is -2.39. The quantitative estimate of drug-likeness (QED) is 0.588. The molecule has 5 atom stereocenters. The second kappa shape index (κ2) is 9.57. The van der Waals surface area contributed by atoms with Crippen molar-refractivity contribution in [2.75, 3.05) is 5.32 Å². The second-order valence-electron chi connectivity index (χ2n) is 11.9. The van der Waals surface area contributed by atoms with Crippen molar-refractivity contribution in [2.24, 2.45) is 11.8 Å². The van der Waals surface area contributed by atoms with E-state index in [4.69, 9.17) is 4.74 Å². The van der Waals surface area contributed by atoms with E-state index in [1.54, 1.807) is 0 Å². The number of benzene rings is 1. The van der Waals surface area contributed by atoms with Gasteiger partial charge in [-0.25, -0.2) is 0 Å². The van der Waals surface area contributed by atoms with Gasteiger partial charge in [-0.15, -0.1) is 0 Å². The predicted molar refractivity (Wildman–Crippen MR) is 141 cm³/mol. The van der Waals surface area contributed by atoms with Crippen LogP contribution >= 0.6 is 0 Å². The largest absolute Gasteiger partial charge is 0.359 e. The average Bonchev–Trinajstić information content (AvgIpc) is 3.52. The summed E-state index contributed by atoms with van der Waals surface area (Å²) in [5.41, 5.74) is 1.78. The van der Waals surface area contributed by atoms with Crippen molar-refractivity contribution < 1.29 is 19.1 Å². The fraction of sp³-hybridized carbons (Fsp3) is 0.633. The number of hydrogen-bond donors (Lipinski definition) is 2. The van der Waals surface area contributed by atoms with Crippen LogP contribution in [-0.2, 0) is 19.1 Å². The highest BCUT2D eigenvalue weighted by molar-refractivity contribution is 6.03. The number of fused-ring (bicyclic) bond motifs is 1. The molecule has 37 heavy (non-hydrogen) atoms. The van der Waals surface area contributed by atoms with Crippen LogP contribution in [0.2, 0.25) is 0 Å². The Morgan fingerprint density at radius 3 is 2.24 bits per heavy atom. The van der Waals surface area contributed by atoms with E-state index in [2.05, 4.69) is 16.7 Å². The van der Waals surface area contributed by atoms with Crippen LogP contribution in [-0.4, -0.2) is 52.5 Å². The van der Waals surface area contributed by atoms with Gasteiger partial charge in [0, 0.05) is 17.8 Å². The van der Waals surface area contributed by atoms with E-state index in [1.165, 1.54) is 6.42 Å². The van der Waals surface area contributed by atoms with E-state index >= 15 is 0 Å². The van der Waals surface area contributed by atoms with E-state index < -0.39 is 29.6 Å². The molecule has 2 N–H and O–H groups in total. The molecule has 4 fully saturated rings. The second-order valence-corrected chi connectivity index (χ2v) is 11.9. The van der Waals surface area contributed by atoms with Crippen LogP contribution in [0.3, 0.4) is 0 Å². The normalized spacial score (nSPS) is 33.6. The molecule has 3 aliphatic heterocycles. The van der Waals surface area contributed by atoms with Crippen LogP contribution in [0, 0.1) is 25.7 Å². The number of hydrogen-bond acceptors (Lipinski definition) is 4. The highest BCUT2D eigenvalue weighted by atomic mass is 16.5. The number of nitrogens with one attached hydrogen (secondary N) is 2. The summed E-state index contributed by atoms with van der Waals surface area (Å²) in [4.78, 5) is 43.7. The number of anilines is 1. The summed E-state index contributed by atoms with van der Waals surface area (Å²) < 4.78 is 6.52. The maximum Gasteiger partial charge on any atom is 0.246 e. The molecule has 7 heteroatoms. The number of carbonyl (C=O) groups is 3. The van der Waals surface area contributed by atoms with Crippen molar-refractivity contribution >= 4 is 23.4 Å². The summed E-state index contributed by atoms with van der Waals surface area (Å²) in [6.07, 6.45) is 13.8. The molecule has 0 radical (unpaired) electrons. The van der Waals surface area contributed by atoms with Crippen molar-refractivity contribution in [1.82, 2.24) is 10.2 Å². The van der Waals surface area contributed by atoms with Crippen molar-refractivity contribution in [3.63, 3.8) is 0 Å². The number of ether oxygens (including phenoxy) is 1. The van der Waals surface area contributed by atoms with E-state index in [9.17, 15) is 14.4 Å². The monoisotopic (exact) mass is 505 g/mol. The molecule has 2 saturated heterocycles. The van der Waals surface area contributed by atoms with Gasteiger partial charge in [-0.05, 0) is 62.8 Å². The molecule has 3 amide bonds. The number of carbonyl (C=O) groups excluding carboxylic acids is 3. The highest BCUT2D eigenvalue weighted by Crippen LogP contribution is 2.56. The summed E-state index contributed by atoms with van der Waals surface area (Å²) in [5.74, 6) is -1.76.